The molecule has 34 heavy (non-hydrogen) atoms. The van der Waals surface area contributed by atoms with E-state index in [2.05, 4.69) is 34.9 Å². The average Bonchev–Trinajstić information content (AvgIpc) is 3.47. The van der Waals surface area contributed by atoms with Gasteiger partial charge in [-0.2, -0.15) is 0 Å². The van der Waals surface area contributed by atoms with Gasteiger partial charge in [0.2, 0.25) is 11.8 Å². The Hall–Kier alpha value is -2.64. The fourth-order valence-corrected chi connectivity index (χ4v) is 6.24. The Morgan fingerprint density at radius 3 is 2.50 bits per heavy atom. The maximum absolute atomic E-state index is 13.0. The van der Waals surface area contributed by atoms with Crippen molar-refractivity contribution in [1.29, 1.82) is 0 Å². The number of fused-ring (bicyclic) bond motifs is 1. The molecule has 3 aliphatic rings. The Morgan fingerprint density at radius 2 is 1.74 bits per heavy atom. The lowest BCUT2D eigenvalue weighted by Crippen LogP contribution is -2.52. The Balaban J connectivity index is 1.18. The van der Waals surface area contributed by atoms with Crippen LogP contribution in [0.2, 0.25) is 0 Å². The van der Waals surface area contributed by atoms with Gasteiger partial charge in [0, 0.05) is 35.2 Å². The van der Waals surface area contributed by atoms with Crippen LogP contribution >= 0.6 is 11.8 Å². The summed E-state index contributed by atoms with van der Waals surface area (Å²) in [6, 6.07) is 14.8. The van der Waals surface area contributed by atoms with Crippen molar-refractivity contribution in [3.8, 4) is 0 Å². The largest absolute Gasteiger partial charge is 0.322 e. The zero-order valence-corrected chi connectivity index (χ0v) is 20.2. The number of carbonyl (C=O) groups excluding carboxylic acids is 3. The summed E-state index contributed by atoms with van der Waals surface area (Å²) in [7, 11) is 0. The van der Waals surface area contributed by atoms with E-state index in [1.165, 1.54) is 36.8 Å². The van der Waals surface area contributed by atoms with Gasteiger partial charge in [-0.15, -0.1) is 11.8 Å². The smallest absolute Gasteiger partial charge is 0.255 e. The van der Waals surface area contributed by atoms with Crippen molar-refractivity contribution in [3.05, 3.63) is 64.7 Å². The highest BCUT2D eigenvalue weighted by Crippen LogP contribution is 2.35. The van der Waals surface area contributed by atoms with Crippen molar-refractivity contribution in [2.24, 2.45) is 0 Å². The third kappa shape index (κ3) is 5.05. The monoisotopic (exact) mass is 477 g/mol. The number of imide groups is 1. The molecule has 0 radical (unpaired) electrons. The second kappa shape index (κ2) is 10.3. The van der Waals surface area contributed by atoms with E-state index < -0.39 is 6.04 Å². The van der Waals surface area contributed by atoms with Crippen LogP contribution in [0.1, 0.15) is 65.6 Å². The minimum Gasteiger partial charge on any atom is -0.322 e. The molecule has 6 nitrogen and oxygen atoms in total. The summed E-state index contributed by atoms with van der Waals surface area (Å²) in [6.07, 6.45) is 7.05. The molecular weight excluding hydrogens is 446 g/mol. The predicted molar refractivity (Wildman–Crippen MR) is 132 cm³/mol. The van der Waals surface area contributed by atoms with E-state index in [1.807, 2.05) is 18.2 Å². The van der Waals surface area contributed by atoms with E-state index >= 15 is 0 Å². The van der Waals surface area contributed by atoms with Crippen LogP contribution in [0, 0.1) is 0 Å². The number of carbonyl (C=O) groups is 3. The summed E-state index contributed by atoms with van der Waals surface area (Å²) in [5.74, 6) is 0.0642. The van der Waals surface area contributed by atoms with Gasteiger partial charge < -0.3 is 10.2 Å². The number of hydrogen-bond donors (Lipinski definition) is 2. The van der Waals surface area contributed by atoms with E-state index in [-0.39, 0.29) is 24.1 Å². The molecule has 2 aromatic carbocycles. The minimum atomic E-state index is -0.578. The van der Waals surface area contributed by atoms with Gasteiger partial charge in [0.05, 0.1) is 0 Å². The quantitative estimate of drug-likeness (QED) is 0.447. The maximum Gasteiger partial charge on any atom is 0.255 e. The van der Waals surface area contributed by atoms with Crippen molar-refractivity contribution in [2.45, 2.75) is 74.2 Å². The zero-order chi connectivity index (χ0) is 23.5. The van der Waals surface area contributed by atoms with Crippen molar-refractivity contribution >= 4 is 29.5 Å². The lowest BCUT2D eigenvalue weighted by atomic mass is 10.0. The van der Waals surface area contributed by atoms with Gasteiger partial charge in [-0.25, -0.2) is 0 Å². The zero-order valence-electron chi connectivity index (χ0n) is 19.3. The van der Waals surface area contributed by atoms with E-state index in [0.29, 0.717) is 24.6 Å². The highest BCUT2D eigenvalue weighted by atomic mass is 32.2. The average molecular weight is 478 g/mol. The van der Waals surface area contributed by atoms with Crippen molar-refractivity contribution in [1.82, 2.24) is 15.5 Å². The molecule has 2 aromatic rings. The van der Waals surface area contributed by atoms with Gasteiger partial charge in [-0.05, 0) is 61.1 Å². The summed E-state index contributed by atoms with van der Waals surface area (Å²) < 4.78 is 0. The Kier molecular flexibility index (Phi) is 7.02. The van der Waals surface area contributed by atoms with Crippen LogP contribution in [0.25, 0.3) is 0 Å². The normalized spacial score (nSPS) is 20.6. The molecule has 5 rings (SSSR count). The summed E-state index contributed by atoms with van der Waals surface area (Å²) in [6.45, 7) is 1.45. The van der Waals surface area contributed by atoms with Crippen molar-refractivity contribution in [3.63, 3.8) is 0 Å². The molecule has 1 atom stereocenters. The van der Waals surface area contributed by atoms with Crippen LogP contribution in [-0.4, -0.2) is 41.2 Å². The third-order valence-electron chi connectivity index (χ3n) is 7.16. The summed E-state index contributed by atoms with van der Waals surface area (Å²) in [5, 5.41) is 6.04. The first-order valence-corrected chi connectivity index (χ1v) is 13.3. The molecule has 7 heteroatoms. The van der Waals surface area contributed by atoms with E-state index in [4.69, 9.17) is 0 Å². The first-order valence-electron chi connectivity index (χ1n) is 12.3. The molecule has 2 N–H and O–H groups in total. The van der Waals surface area contributed by atoms with Gasteiger partial charge in [0.25, 0.3) is 5.91 Å². The number of benzene rings is 2. The fourth-order valence-electron chi connectivity index (χ4n) is 5.21. The van der Waals surface area contributed by atoms with Crippen LogP contribution in [0.15, 0.2) is 47.4 Å². The Morgan fingerprint density at radius 1 is 0.971 bits per heavy atom. The lowest BCUT2D eigenvalue weighted by molar-refractivity contribution is -0.136. The van der Waals surface area contributed by atoms with E-state index in [0.717, 1.165) is 29.2 Å². The number of thioether (sulfide) groups is 1. The number of piperidine rings is 1. The summed E-state index contributed by atoms with van der Waals surface area (Å²) in [4.78, 5) is 39.5. The Labute approximate surface area is 204 Å². The third-order valence-corrected chi connectivity index (χ3v) is 8.33. The number of hydrogen-bond acceptors (Lipinski definition) is 5. The van der Waals surface area contributed by atoms with Crippen molar-refractivity contribution < 1.29 is 14.4 Å². The van der Waals surface area contributed by atoms with Crippen LogP contribution in [0.4, 0.5) is 0 Å². The number of nitrogens with zero attached hydrogens (tertiary/aromatic N) is 1. The topological polar surface area (TPSA) is 78.5 Å². The molecule has 3 amide bonds. The van der Waals surface area contributed by atoms with E-state index in [9.17, 15) is 14.4 Å². The van der Waals surface area contributed by atoms with Gasteiger partial charge in [0.15, 0.2) is 0 Å². The molecule has 0 aromatic heterocycles. The first kappa shape index (κ1) is 23.1. The van der Waals surface area contributed by atoms with Gasteiger partial charge in [-0.3, -0.25) is 19.7 Å². The van der Waals surface area contributed by atoms with Crippen LogP contribution in [0.5, 0.6) is 0 Å². The SMILES string of the molecule is O=C1CCC(N2Cc3c(SCc4ccc(CCNC5CCCC5)cc4)cccc3C2=O)C(=O)N1. The molecule has 2 heterocycles. The highest BCUT2D eigenvalue weighted by molar-refractivity contribution is 7.98. The number of nitrogens with one attached hydrogen (secondary N) is 2. The molecule has 1 unspecified atom stereocenters. The lowest BCUT2D eigenvalue weighted by Gasteiger charge is -2.29. The molecule has 2 fully saturated rings. The second-order valence-corrected chi connectivity index (χ2v) is 10.5. The van der Waals surface area contributed by atoms with Gasteiger partial charge in [-0.1, -0.05) is 43.2 Å². The second-order valence-electron chi connectivity index (χ2n) is 9.47. The van der Waals surface area contributed by atoms with E-state index in [1.54, 1.807) is 16.7 Å². The molecule has 178 valence electrons. The summed E-state index contributed by atoms with van der Waals surface area (Å²) in [5.41, 5.74) is 4.25. The van der Waals surface area contributed by atoms with Crippen LogP contribution in [-0.2, 0) is 28.3 Å². The molecular formula is C27H31N3O3S. The molecule has 0 spiro atoms. The molecule has 1 saturated heterocycles. The number of rotatable bonds is 8. The minimum absolute atomic E-state index is 0.123. The van der Waals surface area contributed by atoms with Gasteiger partial charge >= 0.3 is 0 Å². The maximum atomic E-state index is 13.0. The first-order chi connectivity index (χ1) is 16.6. The molecule has 1 aliphatic carbocycles. The standard InChI is InChI=1S/C27H31N3O3S/c31-25-13-12-23(26(32)29-25)30-16-22-21(27(30)33)6-3-7-24(22)34-17-19-10-8-18(9-11-19)14-15-28-20-4-1-2-5-20/h3,6-11,20,23,28H,1-2,4-5,12-17H2,(H,29,31,32). The van der Waals surface area contributed by atoms with Crippen LogP contribution in [0.3, 0.4) is 0 Å². The van der Waals surface area contributed by atoms with Crippen LogP contribution < -0.4 is 10.6 Å². The van der Waals surface area contributed by atoms with Gasteiger partial charge in [0.1, 0.15) is 6.04 Å². The fraction of sp³-hybridized carbons (Fsp3) is 0.444. The molecule has 1 saturated carbocycles. The van der Waals surface area contributed by atoms with Crippen molar-refractivity contribution in [2.75, 3.05) is 6.54 Å². The molecule has 2 aliphatic heterocycles. The highest BCUT2D eigenvalue weighted by Gasteiger charge is 2.39. The number of amides is 3. The Bertz CT molecular complexity index is 1080. The predicted octanol–water partition coefficient (Wildman–Crippen LogP) is 3.81. The molecule has 0 bridgehead atoms. The summed E-state index contributed by atoms with van der Waals surface area (Å²) >= 11 is 1.73.